The minimum Gasteiger partial charge on any atom is -0.443 e. The molecule has 0 spiro atoms. The number of aromatic nitrogens is 1. The van der Waals surface area contributed by atoms with Crippen LogP contribution >= 0.6 is 11.3 Å². The second-order valence-corrected chi connectivity index (χ2v) is 8.00. The zero-order chi connectivity index (χ0) is 18.7. The van der Waals surface area contributed by atoms with Crippen molar-refractivity contribution in [1.82, 2.24) is 10.3 Å². The molecule has 0 radical (unpaired) electrons. The van der Waals surface area contributed by atoms with E-state index >= 15 is 0 Å². The van der Waals surface area contributed by atoms with Gasteiger partial charge in [0, 0.05) is 5.56 Å². The Kier molecular flexibility index (Phi) is 5.14. The lowest BCUT2D eigenvalue weighted by molar-refractivity contribution is 0.0950. The quantitative estimate of drug-likeness (QED) is 0.688. The number of alkyl halides is 2. The topological polar surface area (TPSA) is 89.3 Å². The molecule has 0 atom stereocenters. The number of hydrogen-bond donors (Lipinski definition) is 1. The largest absolute Gasteiger partial charge is 0.443 e. The van der Waals surface area contributed by atoms with Crippen LogP contribution in [0.15, 0.2) is 57.4 Å². The monoisotopic (exact) mass is 398 g/mol. The fourth-order valence-electron chi connectivity index (χ4n) is 2.07. The van der Waals surface area contributed by atoms with E-state index in [-0.39, 0.29) is 12.1 Å². The van der Waals surface area contributed by atoms with Crippen molar-refractivity contribution in [3.63, 3.8) is 0 Å². The highest BCUT2D eigenvalue weighted by atomic mass is 32.2. The molecule has 0 fully saturated rings. The van der Waals surface area contributed by atoms with Crippen molar-refractivity contribution in [2.24, 2.45) is 0 Å². The van der Waals surface area contributed by atoms with Crippen LogP contribution in [0.4, 0.5) is 8.78 Å². The fourth-order valence-corrected chi connectivity index (χ4v) is 3.45. The van der Waals surface area contributed by atoms with Crippen molar-refractivity contribution < 1.29 is 26.4 Å². The highest BCUT2D eigenvalue weighted by Gasteiger charge is 2.26. The summed E-state index contributed by atoms with van der Waals surface area (Å²) in [6.45, 7) is 0.102. The Labute approximate surface area is 151 Å². The van der Waals surface area contributed by atoms with Crippen LogP contribution in [0.5, 0.6) is 0 Å². The average molecular weight is 398 g/mol. The van der Waals surface area contributed by atoms with Crippen molar-refractivity contribution in [1.29, 1.82) is 0 Å². The number of oxazole rings is 1. The molecule has 0 saturated heterocycles. The normalized spacial score (nSPS) is 11.7. The first kappa shape index (κ1) is 18.2. The van der Waals surface area contributed by atoms with E-state index in [1.807, 2.05) is 17.5 Å². The maximum Gasteiger partial charge on any atom is 0.341 e. The molecular formula is C16H12F2N2O4S2. The molecule has 26 heavy (non-hydrogen) atoms. The third-order valence-electron chi connectivity index (χ3n) is 3.39. The van der Waals surface area contributed by atoms with Crippen LogP contribution < -0.4 is 5.32 Å². The Morgan fingerprint density at radius 2 is 1.96 bits per heavy atom. The first-order valence-electron chi connectivity index (χ1n) is 7.26. The van der Waals surface area contributed by atoms with Gasteiger partial charge in [-0.3, -0.25) is 4.79 Å². The van der Waals surface area contributed by atoms with Gasteiger partial charge in [0.05, 0.1) is 22.0 Å². The van der Waals surface area contributed by atoms with Gasteiger partial charge in [-0.25, -0.2) is 13.4 Å². The Morgan fingerprint density at radius 3 is 2.58 bits per heavy atom. The van der Waals surface area contributed by atoms with E-state index in [0.29, 0.717) is 11.6 Å². The molecule has 2 heterocycles. The third kappa shape index (κ3) is 3.81. The molecule has 2 aromatic heterocycles. The Hall–Kier alpha value is -2.59. The molecule has 0 saturated carbocycles. The summed E-state index contributed by atoms with van der Waals surface area (Å²) in [5, 5.41) is 4.49. The van der Waals surface area contributed by atoms with E-state index in [1.54, 1.807) is 0 Å². The number of thiophene rings is 1. The first-order valence-corrected chi connectivity index (χ1v) is 9.69. The first-order chi connectivity index (χ1) is 12.4. The van der Waals surface area contributed by atoms with Gasteiger partial charge in [0.25, 0.3) is 5.91 Å². The number of nitrogens with zero attached hydrogens (tertiary/aromatic N) is 1. The molecule has 0 aliphatic heterocycles. The number of rotatable bonds is 6. The number of amides is 1. The van der Waals surface area contributed by atoms with E-state index in [0.717, 1.165) is 17.0 Å². The fraction of sp³-hybridized carbons (Fsp3) is 0.125. The van der Waals surface area contributed by atoms with Crippen LogP contribution in [-0.2, 0) is 16.4 Å². The second-order valence-electron chi connectivity index (χ2n) is 5.13. The van der Waals surface area contributed by atoms with Gasteiger partial charge in [-0.2, -0.15) is 8.78 Å². The van der Waals surface area contributed by atoms with Crippen molar-refractivity contribution in [3.8, 4) is 10.8 Å². The summed E-state index contributed by atoms with van der Waals surface area (Å²) in [7, 11) is -4.68. The molecule has 0 aliphatic carbocycles. The summed E-state index contributed by atoms with van der Waals surface area (Å²) in [6.07, 6.45) is 1.42. The summed E-state index contributed by atoms with van der Waals surface area (Å²) in [5.74, 6) is -3.55. The van der Waals surface area contributed by atoms with Crippen molar-refractivity contribution in [2.75, 3.05) is 0 Å². The minimum atomic E-state index is -4.68. The lowest BCUT2D eigenvalue weighted by atomic mass is 10.2. The zero-order valence-electron chi connectivity index (χ0n) is 13.1. The summed E-state index contributed by atoms with van der Waals surface area (Å²) >= 11 is 1.47. The van der Waals surface area contributed by atoms with Gasteiger partial charge in [-0.1, -0.05) is 6.07 Å². The van der Waals surface area contributed by atoms with Gasteiger partial charge in [-0.05, 0) is 35.7 Å². The Bertz CT molecular complexity index is 997. The zero-order valence-corrected chi connectivity index (χ0v) is 14.7. The smallest absolute Gasteiger partial charge is 0.341 e. The van der Waals surface area contributed by atoms with Crippen LogP contribution in [0.2, 0.25) is 0 Å². The number of hydrogen-bond acceptors (Lipinski definition) is 6. The van der Waals surface area contributed by atoms with E-state index in [4.69, 9.17) is 4.42 Å². The second kappa shape index (κ2) is 7.34. The van der Waals surface area contributed by atoms with E-state index in [2.05, 4.69) is 10.3 Å². The SMILES string of the molecule is O=C(NCc1coc(-c2cccs2)n1)c1ccc(S(=O)(=O)C(F)F)cc1. The van der Waals surface area contributed by atoms with Gasteiger partial charge in [-0.15, -0.1) is 11.3 Å². The lowest BCUT2D eigenvalue weighted by Gasteiger charge is -2.05. The Balaban J connectivity index is 1.64. The predicted octanol–water partition coefficient (Wildman–Crippen LogP) is 3.33. The van der Waals surface area contributed by atoms with Gasteiger partial charge in [0.15, 0.2) is 0 Å². The van der Waals surface area contributed by atoms with Crippen LogP contribution in [-0.4, -0.2) is 25.1 Å². The van der Waals surface area contributed by atoms with E-state index < -0.39 is 26.4 Å². The molecule has 3 rings (SSSR count). The predicted molar refractivity (Wildman–Crippen MR) is 90.6 cm³/mol. The van der Waals surface area contributed by atoms with Crippen LogP contribution in [0, 0.1) is 0 Å². The number of benzene rings is 1. The van der Waals surface area contributed by atoms with Crippen molar-refractivity contribution in [3.05, 3.63) is 59.3 Å². The van der Waals surface area contributed by atoms with Crippen LogP contribution in [0.25, 0.3) is 10.8 Å². The Morgan fingerprint density at radius 1 is 1.23 bits per heavy atom. The number of halogens is 2. The molecule has 0 unspecified atom stereocenters. The molecule has 1 amide bonds. The molecule has 1 N–H and O–H groups in total. The lowest BCUT2D eigenvalue weighted by Crippen LogP contribution is -2.23. The maximum absolute atomic E-state index is 12.5. The number of carbonyl (C=O) groups excluding carboxylic acids is 1. The van der Waals surface area contributed by atoms with Crippen LogP contribution in [0.3, 0.4) is 0 Å². The number of nitrogens with one attached hydrogen (secondary N) is 1. The summed E-state index contributed by atoms with van der Waals surface area (Å²) in [6, 6.07) is 8.01. The maximum atomic E-state index is 12.5. The average Bonchev–Trinajstić information content (AvgIpc) is 3.31. The molecule has 10 heteroatoms. The summed E-state index contributed by atoms with van der Waals surface area (Å²) in [5.41, 5.74) is 0.652. The highest BCUT2D eigenvalue weighted by molar-refractivity contribution is 7.91. The van der Waals surface area contributed by atoms with Crippen molar-refractivity contribution in [2.45, 2.75) is 17.2 Å². The summed E-state index contributed by atoms with van der Waals surface area (Å²) < 4.78 is 53.0. The van der Waals surface area contributed by atoms with Crippen molar-refractivity contribution >= 4 is 27.1 Å². The molecule has 0 aliphatic rings. The molecule has 6 nitrogen and oxygen atoms in total. The number of sulfone groups is 1. The molecule has 1 aromatic carbocycles. The highest BCUT2D eigenvalue weighted by Crippen LogP contribution is 2.23. The molecule has 0 bridgehead atoms. The summed E-state index contributed by atoms with van der Waals surface area (Å²) in [4.78, 5) is 16.7. The molecule has 136 valence electrons. The van der Waals surface area contributed by atoms with Gasteiger partial charge >= 0.3 is 5.76 Å². The third-order valence-corrected chi connectivity index (χ3v) is 5.65. The number of carbonyl (C=O) groups is 1. The van der Waals surface area contributed by atoms with E-state index in [1.165, 1.54) is 29.7 Å². The van der Waals surface area contributed by atoms with Crippen LogP contribution in [0.1, 0.15) is 16.1 Å². The van der Waals surface area contributed by atoms with Gasteiger partial charge in [0.1, 0.15) is 6.26 Å². The molecular weight excluding hydrogens is 386 g/mol. The van der Waals surface area contributed by atoms with Gasteiger partial charge < -0.3 is 9.73 Å². The minimum absolute atomic E-state index is 0.102. The van der Waals surface area contributed by atoms with Gasteiger partial charge in [0.2, 0.25) is 15.7 Å². The molecule has 3 aromatic rings. The standard InChI is InChI=1S/C16H12F2N2O4S2/c17-16(18)26(22,23)12-5-3-10(4-6-12)14(21)19-8-11-9-24-15(20-11)13-2-1-7-25-13/h1-7,9,16H,8H2,(H,19,21). The van der Waals surface area contributed by atoms with E-state index in [9.17, 15) is 22.0 Å².